The van der Waals surface area contributed by atoms with Crippen LogP contribution in [-0.2, 0) is 4.74 Å². The van der Waals surface area contributed by atoms with Crippen molar-refractivity contribution in [1.82, 2.24) is 9.88 Å². The third-order valence-corrected chi connectivity index (χ3v) is 5.15. The molecule has 3 rings (SSSR count). The Balaban J connectivity index is 1.65. The van der Waals surface area contributed by atoms with Crippen LogP contribution in [0, 0.1) is 5.92 Å². The monoisotopic (exact) mass is 318 g/mol. The molecule has 1 fully saturated rings. The van der Waals surface area contributed by atoms with Crippen LogP contribution in [0.3, 0.4) is 0 Å². The van der Waals surface area contributed by atoms with E-state index in [0.717, 1.165) is 54.7 Å². The van der Waals surface area contributed by atoms with Gasteiger partial charge in [-0.2, -0.15) is 0 Å². The topological polar surface area (TPSA) is 42.4 Å². The number of ether oxygens (including phenoxy) is 1. The lowest BCUT2D eigenvalue weighted by atomic mass is 9.93. The molecule has 0 unspecified atom stereocenters. The Morgan fingerprint density at radius 2 is 2.41 bits per heavy atom. The molecule has 1 aromatic carbocycles. The summed E-state index contributed by atoms with van der Waals surface area (Å²) in [5.41, 5.74) is 3.51. The van der Waals surface area contributed by atoms with Crippen molar-refractivity contribution in [3.8, 4) is 0 Å². The average Bonchev–Trinajstić information content (AvgIpc) is 3.02. The van der Waals surface area contributed by atoms with E-state index < -0.39 is 0 Å². The lowest BCUT2D eigenvalue weighted by Gasteiger charge is -2.33. The third-order valence-electron chi connectivity index (χ3n) is 4.34. The van der Waals surface area contributed by atoms with Gasteiger partial charge in [0, 0.05) is 32.4 Å². The maximum absolute atomic E-state index is 12.7. The van der Waals surface area contributed by atoms with Crippen molar-refractivity contribution in [3.05, 3.63) is 29.3 Å². The zero-order valence-electron chi connectivity index (χ0n) is 13.0. The number of benzene rings is 1. The summed E-state index contributed by atoms with van der Waals surface area (Å²) in [4.78, 5) is 19.0. The number of hydrogen-bond acceptors (Lipinski definition) is 4. The normalized spacial score (nSPS) is 18.8. The molecule has 0 N–H and O–H groups in total. The van der Waals surface area contributed by atoms with Gasteiger partial charge in [-0.1, -0.05) is 0 Å². The smallest absolute Gasteiger partial charge is 0.253 e. The summed E-state index contributed by atoms with van der Waals surface area (Å²) in [6.45, 7) is 2.55. The molecule has 2 heterocycles. The molecule has 4 nitrogen and oxygen atoms in total. The van der Waals surface area contributed by atoms with E-state index in [4.69, 9.17) is 4.74 Å². The molecule has 1 amide bonds. The molecule has 1 saturated heterocycles. The van der Waals surface area contributed by atoms with Crippen molar-refractivity contribution >= 4 is 27.5 Å². The molecule has 1 aliphatic heterocycles. The Kier molecular flexibility index (Phi) is 5.05. The second-order valence-electron chi connectivity index (χ2n) is 5.93. The summed E-state index contributed by atoms with van der Waals surface area (Å²) in [5, 5.41) is 0. The number of hydrogen-bond donors (Lipinski definition) is 0. The van der Waals surface area contributed by atoms with Gasteiger partial charge >= 0.3 is 0 Å². The lowest BCUT2D eigenvalue weighted by Crippen LogP contribution is -2.40. The number of rotatable bonds is 5. The van der Waals surface area contributed by atoms with Crippen LogP contribution in [-0.4, -0.2) is 42.6 Å². The van der Waals surface area contributed by atoms with Crippen molar-refractivity contribution in [2.45, 2.75) is 25.7 Å². The van der Waals surface area contributed by atoms with Gasteiger partial charge in [0.15, 0.2) is 0 Å². The number of carbonyl (C=O) groups is 1. The predicted octanol–water partition coefficient (Wildman–Crippen LogP) is 3.58. The molecule has 2 aromatic rings. The first kappa shape index (κ1) is 15.4. The average molecular weight is 318 g/mol. The van der Waals surface area contributed by atoms with Gasteiger partial charge in [-0.15, -0.1) is 11.3 Å². The van der Waals surface area contributed by atoms with Gasteiger partial charge in [-0.3, -0.25) is 4.79 Å². The number of fused-ring (bicyclic) bond motifs is 1. The fourth-order valence-corrected chi connectivity index (χ4v) is 3.83. The Morgan fingerprint density at radius 3 is 3.27 bits per heavy atom. The zero-order chi connectivity index (χ0) is 15.4. The van der Waals surface area contributed by atoms with E-state index in [-0.39, 0.29) is 5.91 Å². The summed E-state index contributed by atoms with van der Waals surface area (Å²) in [5.74, 6) is 0.752. The van der Waals surface area contributed by atoms with Crippen molar-refractivity contribution in [2.24, 2.45) is 5.92 Å². The summed E-state index contributed by atoms with van der Waals surface area (Å²) >= 11 is 1.61. The van der Waals surface area contributed by atoms with E-state index in [1.807, 2.05) is 28.6 Å². The highest BCUT2D eigenvalue weighted by molar-refractivity contribution is 7.16. The minimum atomic E-state index is 0.145. The highest BCUT2D eigenvalue weighted by Crippen LogP contribution is 2.24. The van der Waals surface area contributed by atoms with Gasteiger partial charge in [0.05, 0.1) is 15.7 Å². The number of aromatic nitrogens is 1. The van der Waals surface area contributed by atoms with E-state index in [0.29, 0.717) is 5.92 Å². The molecule has 0 radical (unpaired) electrons. The first-order valence-corrected chi connectivity index (χ1v) is 8.77. The van der Waals surface area contributed by atoms with E-state index in [1.54, 1.807) is 18.4 Å². The largest absolute Gasteiger partial charge is 0.385 e. The fraction of sp³-hybridized carbons (Fsp3) is 0.529. The van der Waals surface area contributed by atoms with Crippen LogP contribution < -0.4 is 0 Å². The minimum absolute atomic E-state index is 0.145. The Bertz CT molecular complexity index is 640. The first-order chi connectivity index (χ1) is 10.8. The van der Waals surface area contributed by atoms with Gasteiger partial charge in [0.25, 0.3) is 5.91 Å². The molecule has 118 valence electrons. The quantitative estimate of drug-likeness (QED) is 0.791. The van der Waals surface area contributed by atoms with Crippen LogP contribution in [0.1, 0.15) is 36.0 Å². The molecule has 0 spiro atoms. The predicted molar refractivity (Wildman–Crippen MR) is 89.4 cm³/mol. The van der Waals surface area contributed by atoms with E-state index in [1.165, 1.54) is 6.42 Å². The van der Waals surface area contributed by atoms with E-state index >= 15 is 0 Å². The molecular formula is C17H22N2O2S. The molecule has 1 atom stereocenters. The molecular weight excluding hydrogens is 296 g/mol. The van der Waals surface area contributed by atoms with Crippen LogP contribution in [0.2, 0.25) is 0 Å². The van der Waals surface area contributed by atoms with E-state index in [9.17, 15) is 4.79 Å². The molecule has 0 aliphatic carbocycles. The van der Waals surface area contributed by atoms with Crippen LogP contribution in [0.5, 0.6) is 0 Å². The summed E-state index contributed by atoms with van der Waals surface area (Å²) in [6.07, 6.45) is 4.54. The second kappa shape index (κ2) is 7.20. The Morgan fingerprint density at radius 1 is 1.50 bits per heavy atom. The molecule has 1 aliphatic rings. The Hall–Kier alpha value is -1.46. The second-order valence-corrected chi connectivity index (χ2v) is 6.82. The maximum Gasteiger partial charge on any atom is 0.253 e. The van der Waals surface area contributed by atoms with Gasteiger partial charge in [0.2, 0.25) is 0 Å². The van der Waals surface area contributed by atoms with Gasteiger partial charge < -0.3 is 9.64 Å². The zero-order valence-corrected chi connectivity index (χ0v) is 13.8. The van der Waals surface area contributed by atoms with Gasteiger partial charge in [-0.25, -0.2) is 4.98 Å². The standard InChI is InChI=1S/C17H22N2O2S/c1-21-9-3-5-13-4-2-8-19(11-13)17(20)14-6-7-16-15(10-14)18-12-22-16/h6-7,10,12-13H,2-5,8-9,11H2,1H3/t13-/m0/s1. The summed E-state index contributed by atoms with van der Waals surface area (Å²) in [6, 6.07) is 5.85. The Labute approximate surface area is 135 Å². The summed E-state index contributed by atoms with van der Waals surface area (Å²) < 4.78 is 6.26. The highest BCUT2D eigenvalue weighted by Gasteiger charge is 2.24. The number of thiazole rings is 1. The fourth-order valence-electron chi connectivity index (χ4n) is 3.17. The van der Waals surface area contributed by atoms with Crippen molar-refractivity contribution in [1.29, 1.82) is 0 Å². The number of carbonyl (C=O) groups excluding carboxylic acids is 1. The molecule has 22 heavy (non-hydrogen) atoms. The van der Waals surface area contributed by atoms with Gasteiger partial charge in [0.1, 0.15) is 0 Å². The lowest BCUT2D eigenvalue weighted by molar-refractivity contribution is 0.0660. The SMILES string of the molecule is COCCC[C@@H]1CCCN(C(=O)c2ccc3scnc3c2)C1. The van der Waals surface area contributed by atoms with Crippen molar-refractivity contribution < 1.29 is 9.53 Å². The minimum Gasteiger partial charge on any atom is -0.385 e. The first-order valence-electron chi connectivity index (χ1n) is 7.89. The van der Waals surface area contributed by atoms with Crippen LogP contribution in [0.4, 0.5) is 0 Å². The van der Waals surface area contributed by atoms with Gasteiger partial charge in [-0.05, 0) is 49.8 Å². The highest BCUT2D eigenvalue weighted by atomic mass is 32.1. The molecule has 0 bridgehead atoms. The molecule has 5 heteroatoms. The number of likely N-dealkylation sites (tertiary alicyclic amines) is 1. The van der Waals surface area contributed by atoms with E-state index in [2.05, 4.69) is 4.98 Å². The van der Waals surface area contributed by atoms with Crippen molar-refractivity contribution in [2.75, 3.05) is 26.8 Å². The van der Waals surface area contributed by atoms with Crippen LogP contribution in [0.25, 0.3) is 10.2 Å². The number of piperidine rings is 1. The molecule has 1 aromatic heterocycles. The number of amides is 1. The third kappa shape index (κ3) is 3.47. The number of nitrogens with zero attached hydrogens (tertiary/aromatic N) is 2. The van der Waals surface area contributed by atoms with Crippen LogP contribution in [0.15, 0.2) is 23.7 Å². The van der Waals surface area contributed by atoms with Crippen LogP contribution >= 0.6 is 11.3 Å². The molecule has 0 saturated carbocycles. The van der Waals surface area contributed by atoms with Crippen molar-refractivity contribution in [3.63, 3.8) is 0 Å². The number of methoxy groups -OCH3 is 1. The summed E-state index contributed by atoms with van der Waals surface area (Å²) in [7, 11) is 1.74. The maximum atomic E-state index is 12.7.